The quantitative estimate of drug-likeness (QED) is 0.152. The number of carbonyl (C=O) groups excluding carboxylic acids is 1. The van der Waals surface area contributed by atoms with E-state index in [1.54, 1.807) is 29.6 Å². The van der Waals surface area contributed by atoms with Gasteiger partial charge >= 0.3 is 6.03 Å². The van der Waals surface area contributed by atoms with Crippen LogP contribution in [-0.4, -0.2) is 36.4 Å². The molecular formula is C33H47FN6O4S. The third-order valence-corrected chi connectivity index (χ3v) is 7.65. The van der Waals surface area contributed by atoms with Crippen LogP contribution in [0.2, 0.25) is 0 Å². The van der Waals surface area contributed by atoms with E-state index in [1.807, 2.05) is 27.7 Å². The molecule has 0 saturated heterocycles. The number of nitrogens with zero attached hydrogens (tertiary/aromatic N) is 3. The van der Waals surface area contributed by atoms with Gasteiger partial charge in [0.1, 0.15) is 17.4 Å². The molecule has 0 radical (unpaired) electrons. The summed E-state index contributed by atoms with van der Waals surface area (Å²) in [6.45, 7) is 16.5. The number of hydrogen-bond donors (Lipinski definition) is 3. The second-order valence-electron chi connectivity index (χ2n) is 10.1. The van der Waals surface area contributed by atoms with Gasteiger partial charge in [-0.05, 0) is 62.7 Å². The molecule has 2 aromatic carbocycles. The van der Waals surface area contributed by atoms with E-state index >= 15 is 0 Å². The van der Waals surface area contributed by atoms with Crippen LogP contribution in [0.5, 0.6) is 5.75 Å². The Bertz CT molecular complexity index is 1600. The number of aromatic nitrogens is 4. The molecule has 2 heterocycles. The summed E-state index contributed by atoms with van der Waals surface area (Å²) in [7, 11) is -1.89. The minimum absolute atomic E-state index is 0.0911. The van der Waals surface area contributed by atoms with E-state index in [-0.39, 0.29) is 22.2 Å². The number of aryl methyl sites for hydroxylation is 1. The number of anilines is 1. The van der Waals surface area contributed by atoms with Crippen molar-refractivity contribution >= 4 is 28.2 Å². The van der Waals surface area contributed by atoms with Gasteiger partial charge in [0.05, 0.1) is 22.8 Å². The van der Waals surface area contributed by atoms with E-state index in [1.165, 1.54) is 31.4 Å². The Morgan fingerprint density at radius 2 is 1.73 bits per heavy atom. The molecular weight excluding hydrogens is 595 g/mol. The fraction of sp³-hybridized carbons (Fsp3) is 0.455. The standard InChI is InChI=1S/C26H29FN6O4S.C5H12.C2H6/c1-5-7-15(3)24-28-16(4)22-25(34)30-23(31-33(22)24)20-14-18(10-13-21(20)37-6-2)29-26(35)32-38(36)19-11-8-17(27)9-12-19;1-3-5-4-2;1-2/h8-15H,5-7H2,1-4H3,(H2,29,32,35)(H,30,31,34);3-5H2,1-2H3;1-2H3. The van der Waals surface area contributed by atoms with Crippen molar-refractivity contribution in [2.45, 2.75) is 98.3 Å². The molecule has 4 rings (SSSR count). The molecule has 2 unspecified atom stereocenters. The van der Waals surface area contributed by atoms with E-state index < -0.39 is 22.8 Å². The summed E-state index contributed by atoms with van der Waals surface area (Å²) >= 11 is 0. The van der Waals surface area contributed by atoms with E-state index in [9.17, 15) is 18.2 Å². The van der Waals surface area contributed by atoms with Crippen molar-refractivity contribution in [2.24, 2.45) is 0 Å². The summed E-state index contributed by atoms with van der Waals surface area (Å²) in [5.74, 6) is 1.01. The van der Waals surface area contributed by atoms with Gasteiger partial charge in [0.15, 0.2) is 22.3 Å². The lowest BCUT2D eigenvalue weighted by atomic mass is 10.1. The van der Waals surface area contributed by atoms with Gasteiger partial charge in [-0.1, -0.05) is 67.2 Å². The highest BCUT2D eigenvalue weighted by atomic mass is 32.2. The first-order valence-corrected chi connectivity index (χ1v) is 16.8. The molecule has 4 aromatic rings. The third-order valence-electron chi connectivity index (χ3n) is 6.58. The van der Waals surface area contributed by atoms with Crippen LogP contribution in [0.3, 0.4) is 0 Å². The normalized spacial score (nSPS) is 11.8. The number of nitrogens with one attached hydrogen (secondary N) is 3. The number of ether oxygens (including phenoxy) is 1. The van der Waals surface area contributed by atoms with Crippen LogP contribution in [0, 0.1) is 12.7 Å². The fourth-order valence-corrected chi connectivity index (χ4v) is 5.20. The van der Waals surface area contributed by atoms with Gasteiger partial charge in [-0.25, -0.2) is 22.9 Å². The van der Waals surface area contributed by atoms with Gasteiger partial charge in [-0.15, -0.1) is 5.10 Å². The summed E-state index contributed by atoms with van der Waals surface area (Å²) in [6, 6.07) is 9.10. The lowest BCUT2D eigenvalue weighted by molar-refractivity contribution is 0.257. The summed E-state index contributed by atoms with van der Waals surface area (Å²) < 4.78 is 35.2. The lowest BCUT2D eigenvalue weighted by Gasteiger charge is -2.14. The Balaban J connectivity index is 0.000000917. The fourth-order valence-electron chi connectivity index (χ4n) is 4.48. The van der Waals surface area contributed by atoms with Crippen LogP contribution >= 0.6 is 0 Å². The molecule has 0 spiro atoms. The first-order chi connectivity index (χ1) is 21.6. The highest BCUT2D eigenvalue weighted by molar-refractivity contribution is 7.83. The van der Waals surface area contributed by atoms with Crippen molar-refractivity contribution in [2.75, 3.05) is 11.9 Å². The molecule has 45 heavy (non-hydrogen) atoms. The Morgan fingerprint density at radius 1 is 1.07 bits per heavy atom. The monoisotopic (exact) mass is 642 g/mol. The number of urea groups is 1. The Labute approximate surface area is 267 Å². The van der Waals surface area contributed by atoms with Crippen molar-refractivity contribution in [3.8, 4) is 17.1 Å². The topological polar surface area (TPSA) is 130 Å². The number of rotatable bonds is 11. The summed E-state index contributed by atoms with van der Waals surface area (Å²) in [5.41, 5.74) is 1.42. The second-order valence-corrected chi connectivity index (χ2v) is 11.3. The molecule has 0 aliphatic rings. The van der Waals surface area contributed by atoms with Crippen molar-refractivity contribution in [3.63, 3.8) is 0 Å². The maximum atomic E-state index is 13.1. The van der Waals surface area contributed by atoms with Crippen LogP contribution in [0.25, 0.3) is 16.9 Å². The maximum Gasteiger partial charge on any atom is 0.331 e. The van der Waals surface area contributed by atoms with Gasteiger partial charge in [0, 0.05) is 11.6 Å². The molecule has 2 atom stereocenters. The minimum Gasteiger partial charge on any atom is -0.493 e. The molecule has 2 amide bonds. The first-order valence-electron chi connectivity index (χ1n) is 15.6. The highest BCUT2D eigenvalue weighted by Gasteiger charge is 2.20. The summed E-state index contributed by atoms with van der Waals surface area (Å²) in [5, 5.41) is 7.32. The number of fused-ring (bicyclic) bond motifs is 1. The predicted octanol–water partition coefficient (Wildman–Crippen LogP) is 7.90. The number of unbranched alkanes of at least 4 members (excludes halogenated alkanes) is 2. The Morgan fingerprint density at radius 3 is 2.31 bits per heavy atom. The van der Waals surface area contributed by atoms with Crippen molar-refractivity contribution in [1.29, 1.82) is 0 Å². The smallest absolute Gasteiger partial charge is 0.331 e. The van der Waals surface area contributed by atoms with Crippen molar-refractivity contribution in [1.82, 2.24) is 24.3 Å². The maximum absolute atomic E-state index is 13.1. The summed E-state index contributed by atoms with van der Waals surface area (Å²) in [6.07, 6.45) is 5.93. The van der Waals surface area contributed by atoms with E-state index in [2.05, 4.69) is 40.8 Å². The van der Waals surface area contributed by atoms with Gasteiger partial charge in [0.2, 0.25) is 0 Å². The third kappa shape index (κ3) is 10.2. The van der Waals surface area contributed by atoms with Crippen molar-refractivity contribution in [3.05, 3.63) is 70.2 Å². The largest absolute Gasteiger partial charge is 0.493 e. The molecule has 3 N–H and O–H groups in total. The zero-order chi connectivity index (χ0) is 33.5. The van der Waals surface area contributed by atoms with Gasteiger partial charge < -0.3 is 15.0 Å². The highest BCUT2D eigenvalue weighted by Crippen LogP contribution is 2.31. The molecule has 10 nitrogen and oxygen atoms in total. The number of hydrogen-bond acceptors (Lipinski definition) is 6. The average molecular weight is 643 g/mol. The number of halogens is 1. The van der Waals surface area contributed by atoms with Gasteiger partial charge in [-0.2, -0.15) is 0 Å². The molecule has 246 valence electrons. The van der Waals surface area contributed by atoms with Gasteiger partial charge in [0.25, 0.3) is 5.56 Å². The molecule has 0 aliphatic heterocycles. The first kappa shape index (κ1) is 37.1. The summed E-state index contributed by atoms with van der Waals surface area (Å²) in [4.78, 5) is 33.3. The molecule has 0 fully saturated rings. The molecule has 12 heteroatoms. The second kappa shape index (κ2) is 18.7. The Hall–Kier alpha value is -4.06. The minimum atomic E-state index is -1.89. The number of carbonyl (C=O) groups is 1. The number of imidazole rings is 1. The molecule has 0 aliphatic carbocycles. The van der Waals surface area contributed by atoms with Crippen LogP contribution in [-0.2, 0) is 11.0 Å². The molecule has 0 bridgehead atoms. The van der Waals surface area contributed by atoms with Crippen molar-refractivity contribution < 1.29 is 18.1 Å². The van der Waals surface area contributed by atoms with Gasteiger partial charge in [-0.3, -0.25) is 9.52 Å². The lowest BCUT2D eigenvalue weighted by Crippen LogP contribution is -2.30. The Kier molecular flexibility index (Phi) is 15.4. The van der Waals surface area contributed by atoms with Crippen LogP contribution < -0.4 is 20.3 Å². The zero-order valence-electron chi connectivity index (χ0n) is 27.6. The molecule has 0 saturated carbocycles. The van der Waals surface area contributed by atoms with Crippen LogP contribution in [0.1, 0.15) is 98.0 Å². The number of aromatic amines is 1. The van der Waals surface area contributed by atoms with E-state index in [0.717, 1.165) is 25.0 Å². The zero-order valence-corrected chi connectivity index (χ0v) is 28.4. The van der Waals surface area contributed by atoms with Crippen LogP contribution in [0.15, 0.2) is 52.2 Å². The average Bonchev–Trinajstić information content (AvgIpc) is 3.36. The van der Waals surface area contributed by atoms with E-state index in [0.29, 0.717) is 40.6 Å². The SMILES string of the molecule is CC.CCCC(C)c1nc(C)c2c(=O)[nH]c(-c3cc(NC(=O)NS(=O)c4ccc(F)cc4)ccc3OCC)nn12.CCCCC. The van der Waals surface area contributed by atoms with E-state index in [4.69, 9.17) is 9.84 Å². The number of amides is 2. The molecule has 2 aromatic heterocycles. The number of H-pyrrole nitrogens is 1. The number of benzene rings is 2. The predicted molar refractivity (Wildman–Crippen MR) is 180 cm³/mol. The van der Waals surface area contributed by atoms with Crippen LogP contribution in [0.4, 0.5) is 14.9 Å².